The first-order valence-corrected chi connectivity index (χ1v) is 4.36. The maximum atomic E-state index is 4.32. The third kappa shape index (κ3) is 2.89. The summed E-state index contributed by atoms with van der Waals surface area (Å²) in [5.41, 5.74) is 0. The van der Waals surface area contributed by atoms with Crippen molar-refractivity contribution in [2.75, 3.05) is 24.3 Å². The lowest BCUT2D eigenvalue weighted by atomic mass is 10.4. The Morgan fingerprint density at radius 1 is 1.38 bits per heavy atom. The molecule has 1 rings (SSSR count). The Morgan fingerprint density at radius 3 is 2.62 bits per heavy atom. The molecule has 4 nitrogen and oxygen atoms in total. The number of hydrogen-bond acceptors (Lipinski definition) is 4. The van der Waals surface area contributed by atoms with Crippen LogP contribution in [0.5, 0.6) is 0 Å². The minimum atomic E-state index is 0.393. The van der Waals surface area contributed by atoms with Gasteiger partial charge in [-0.2, -0.15) is 4.98 Å². The van der Waals surface area contributed by atoms with Crippen LogP contribution in [0.15, 0.2) is 12.3 Å². The molecular formula is C9H16N4. The maximum absolute atomic E-state index is 4.32. The number of anilines is 2. The van der Waals surface area contributed by atoms with Gasteiger partial charge in [0.15, 0.2) is 0 Å². The highest BCUT2D eigenvalue weighted by atomic mass is 15.2. The smallest absolute Gasteiger partial charge is 0.226 e. The molecule has 4 heteroatoms. The van der Waals surface area contributed by atoms with Gasteiger partial charge in [-0.05, 0) is 19.9 Å². The van der Waals surface area contributed by atoms with Gasteiger partial charge < -0.3 is 10.2 Å². The predicted molar refractivity (Wildman–Crippen MR) is 55.1 cm³/mol. The molecule has 0 aromatic carbocycles. The van der Waals surface area contributed by atoms with Crippen LogP contribution in [0, 0.1) is 0 Å². The van der Waals surface area contributed by atoms with Crippen molar-refractivity contribution in [3.63, 3.8) is 0 Å². The van der Waals surface area contributed by atoms with E-state index in [1.807, 2.05) is 25.1 Å². The van der Waals surface area contributed by atoms with Crippen LogP contribution in [0.4, 0.5) is 11.8 Å². The van der Waals surface area contributed by atoms with Crippen molar-refractivity contribution in [3.8, 4) is 0 Å². The van der Waals surface area contributed by atoms with Gasteiger partial charge in [-0.1, -0.05) is 0 Å². The molecule has 0 spiro atoms. The second-order valence-corrected chi connectivity index (χ2v) is 3.44. The van der Waals surface area contributed by atoms with Crippen molar-refractivity contribution in [1.82, 2.24) is 9.97 Å². The fourth-order valence-electron chi connectivity index (χ4n) is 0.940. The summed E-state index contributed by atoms with van der Waals surface area (Å²) in [4.78, 5) is 10.3. The van der Waals surface area contributed by atoms with Gasteiger partial charge in [0.25, 0.3) is 0 Å². The number of aromatic nitrogens is 2. The number of nitrogens with one attached hydrogen (secondary N) is 1. The molecule has 0 unspecified atom stereocenters. The van der Waals surface area contributed by atoms with Gasteiger partial charge in [0.1, 0.15) is 5.82 Å². The van der Waals surface area contributed by atoms with Crippen molar-refractivity contribution in [3.05, 3.63) is 12.3 Å². The normalized spacial score (nSPS) is 10.2. The molecule has 0 saturated heterocycles. The standard InChI is InChI=1S/C9H16N4/c1-7(2)11-8-5-6-10-9(12-8)13(3)4/h5-7H,1-4H3,(H,10,11,12). The molecule has 1 heterocycles. The van der Waals surface area contributed by atoms with E-state index in [0.717, 1.165) is 11.8 Å². The van der Waals surface area contributed by atoms with Crippen LogP contribution < -0.4 is 10.2 Å². The Labute approximate surface area is 79.0 Å². The number of hydrogen-bond donors (Lipinski definition) is 1. The highest BCUT2D eigenvalue weighted by Gasteiger charge is 2.01. The number of nitrogens with zero attached hydrogens (tertiary/aromatic N) is 3. The molecule has 0 saturated carbocycles. The molecular weight excluding hydrogens is 164 g/mol. The molecule has 0 radical (unpaired) electrons. The molecule has 1 aromatic heterocycles. The average molecular weight is 180 g/mol. The summed E-state index contributed by atoms with van der Waals surface area (Å²) in [6.07, 6.45) is 1.76. The van der Waals surface area contributed by atoms with Gasteiger partial charge >= 0.3 is 0 Å². The van der Waals surface area contributed by atoms with Gasteiger partial charge in [0.05, 0.1) is 0 Å². The highest BCUT2D eigenvalue weighted by molar-refractivity contribution is 5.40. The number of rotatable bonds is 3. The Morgan fingerprint density at radius 2 is 2.08 bits per heavy atom. The lowest BCUT2D eigenvalue weighted by Crippen LogP contribution is -2.16. The highest BCUT2D eigenvalue weighted by Crippen LogP contribution is 2.08. The first kappa shape index (κ1) is 9.77. The maximum Gasteiger partial charge on any atom is 0.226 e. The molecule has 0 aliphatic heterocycles. The zero-order valence-corrected chi connectivity index (χ0v) is 8.57. The Hall–Kier alpha value is -1.32. The fraction of sp³-hybridized carbons (Fsp3) is 0.556. The molecule has 1 aromatic rings. The minimum Gasteiger partial charge on any atom is -0.368 e. The zero-order valence-electron chi connectivity index (χ0n) is 8.57. The van der Waals surface area contributed by atoms with E-state index in [0.29, 0.717) is 6.04 Å². The van der Waals surface area contributed by atoms with E-state index in [-0.39, 0.29) is 0 Å². The average Bonchev–Trinajstić information content (AvgIpc) is 2.03. The van der Waals surface area contributed by atoms with Crippen molar-refractivity contribution < 1.29 is 0 Å². The lowest BCUT2D eigenvalue weighted by Gasteiger charge is -2.13. The summed E-state index contributed by atoms with van der Waals surface area (Å²) < 4.78 is 0. The van der Waals surface area contributed by atoms with E-state index < -0.39 is 0 Å². The quantitative estimate of drug-likeness (QED) is 0.762. The fourth-order valence-corrected chi connectivity index (χ4v) is 0.940. The van der Waals surface area contributed by atoms with Crippen LogP contribution in [0.3, 0.4) is 0 Å². The van der Waals surface area contributed by atoms with Crippen LogP contribution in [0.2, 0.25) is 0 Å². The third-order valence-corrected chi connectivity index (χ3v) is 1.48. The Balaban J connectivity index is 2.79. The molecule has 0 amide bonds. The molecule has 1 N–H and O–H groups in total. The molecule has 0 aliphatic rings. The van der Waals surface area contributed by atoms with Gasteiger partial charge in [-0.3, -0.25) is 0 Å². The SMILES string of the molecule is CC(C)Nc1ccnc(N(C)C)n1. The predicted octanol–water partition coefficient (Wildman–Crippen LogP) is 1.36. The lowest BCUT2D eigenvalue weighted by molar-refractivity contribution is 0.881. The zero-order chi connectivity index (χ0) is 9.84. The van der Waals surface area contributed by atoms with Crippen LogP contribution in [-0.4, -0.2) is 30.1 Å². The van der Waals surface area contributed by atoms with Gasteiger partial charge in [-0.25, -0.2) is 4.98 Å². The summed E-state index contributed by atoms with van der Waals surface area (Å²) in [6, 6.07) is 2.26. The first-order valence-electron chi connectivity index (χ1n) is 4.36. The van der Waals surface area contributed by atoms with Crippen molar-refractivity contribution in [2.45, 2.75) is 19.9 Å². The Bertz CT molecular complexity index is 270. The summed E-state index contributed by atoms with van der Waals surface area (Å²) in [5.74, 6) is 1.60. The van der Waals surface area contributed by atoms with Gasteiger partial charge in [0.2, 0.25) is 5.95 Å². The van der Waals surface area contributed by atoms with E-state index in [9.17, 15) is 0 Å². The van der Waals surface area contributed by atoms with E-state index in [1.165, 1.54) is 0 Å². The van der Waals surface area contributed by atoms with Crippen LogP contribution in [0.1, 0.15) is 13.8 Å². The first-order chi connectivity index (χ1) is 6.09. The van der Waals surface area contributed by atoms with Crippen molar-refractivity contribution in [1.29, 1.82) is 0 Å². The van der Waals surface area contributed by atoms with E-state index in [4.69, 9.17) is 0 Å². The summed E-state index contributed by atoms with van der Waals surface area (Å²) >= 11 is 0. The topological polar surface area (TPSA) is 41.1 Å². The van der Waals surface area contributed by atoms with Crippen molar-refractivity contribution >= 4 is 11.8 Å². The monoisotopic (exact) mass is 180 g/mol. The molecule has 0 atom stereocenters. The van der Waals surface area contributed by atoms with Crippen molar-refractivity contribution in [2.24, 2.45) is 0 Å². The minimum absolute atomic E-state index is 0.393. The van der Waals surface area contributed by atoms with Gasteiger partial charge in [0, 0.05) is 26.3 Å². The summed E-state index contributed by atoms with van der Waals surface area (Å²) in [5, 5.41) is 3.22. The molecule has 0 bridgehead atoms. The van der Waals surface area contributed by atoms with Crippen LogP contribution in [0.25, 0.3) is 0 Å². The largest absolute Gasteiger partial charge is 0.368 e. The second-order valence-electron chi connectivity index (χ2n) is 3.44. The van der Waals surface area contributed by atoms with Crippen LogP contribution >= 0.6 is 0 Å². The van der Waals surface area contributed by atoms with E-state index in [2.05, 4.69) is 29.1 Å². The summed E-state index contributed by atoms with van der Waals surface area (Å²) in [7, 11) is 3.85. The summed E-state index contributed by atoms with van der Waals surface area (Å²) in [6.45, 7) is 4.16. The third-order valence-electron chi connectivity index (χ3n) is 1.48. The molecule has 13 heavy (non-hydrogen) atoms. The molecule has 0 aliphatic carbocycles. The van der Waals surface area contributed by atoms with Gasteiger partial charge in [-0.15, -0.1) is 0 Å². The Kier molecular flexibility index (Phi) is 3.06. The second kappa shape index (κ2) is 4.07. The molecule has 72 valence electrons. The van der Waals surface area contributed by atoms with E-state index >= 15 is 0 Å². The molecule has 0 fully saturated rings. The van der Waals surface area contributed by atoms with Crippen LogP contribution in [-0.2, 0) is 0 Å². The van der Waals surface area contributed by atoms with E-state index in [1.54, 1.807) is 6.20 Å².